The van der Waals surface area contributed by atoms with Crippen molar-refractivity contribution in [1.82, 2.24) is 20.4 Å². The van der Waals surface area contributed by atoms with Gasteiger partial charge in [-0.25, -0.2) is 4.98 Å². The van der Waals surface area contributed by atoms with Gasteiger partial charge in [-0.3, -0.25) is 4.79 Å². The van der Waals surface area contributed by atoms with Crippen LogP contribution in [0.4, 0.5) is 0 Å². The molecule has 29 heavy (non-hydrogen) atoms. The number of pyridine rings is 1. The number of aromatic nitrogens is 3. The number of para-hydroxylation sites is 1. The van der Waals surface area contributed by atoms with E-state index in [0.29, 0.717) is 18.4 Å². The van der Waals surface area contributed by atoms with E-state index in [4.69, 9.17) is 9.26 Å². The van der Waals surface area contributed by atoms with Gasteiger partial charge in [-0.2, -0.15) is 4.98 Å². The number of rotatable bonds is 6. The first-order valence-corrected chi connectivity index (χ1v) is 10.1. The van der Waals surface area contributed by atoms with Gasteiger partial charge in [-0.1, -0.05) is 29.4 Å². The van der Waals surface area contributed by atoms with Gasteiger partial charge in [0.25, 0.3) is 5.89 Å². The summed E-state index contributed by atoms with van der Waals surface area (Å²) in [5.74, 6) is 1.66. The minimum absolute atomic E-state index is 0.0487. The van der Waals surface area contributed by atoms with E-state index < -0.39 is 0 Å². The number of nitrogens with one attached hydrogen (secondary N) is 1. The van der Waals surface area contributed by atoms with Crippen LogP contribution in [0.15, 0.2) is 47.0 Å². The first kappa shape index (κ1) is 18.0. The van der Waals surface area contributed by atoms with E-state index in [1.54, 1.807) is 6.08 Å². The summed E-state index contributed by atoms with van der Waals surface area (Å²) in [5, 5.41) is 8.01. The van der Waals surface area contributed by atoms with Crippen LogP contribution < -0.4 is 5.32 Å². The molecule has 7 nitrogen and oxygen atoms in total. The van der Waals surface area contributed by atoms with Crippen LogP contribution in [-0.2, 0) is 9.53 Å². The lowest BCUT2D eigenvalue weighted by Crippen LogP contribution is -2.30. The monoisotopic (exact) mass is 390 g/mol. The Labute approximate surface area is 168 Å². The van der Waals surface area contributed by atoms with Crippen LogP contribution in [0, 0.1) is 0 Å². The molecule has 1 saturated heterocycles. The molecule has 1 N–H and O–H groups in total. The summed E-state index contributed by atoms with van der Waals surface area (Å²) in [6.07, 6.45) is 6.96. The van der Waals surface area contributed by atoms with Crippen molar-refractivity contribution in [3.63, 3.8) is 0 Å². The summed E-state index contributed by atoms with van der Waals surface area (Å²) in [7, 11) is 0. The predicted molar refractivity (Wildman–Crippen MR) is 107 cm³/mol. The quantitative estimate of drug-likeness (QED) is 0.648. The summed E-state index contributed by atoms with van der Waals surface area (Å²) in [6, 6.07) is 11.8. The third kappa shape index (κ3) is 4.19. The number of nitrogens with zero attached hydrogens (tertiary/aromatic N) is 3. The van der Waals surface area contributed by atoms with Crippen LogP contribution in [0.25, 0.3) is 17.0 Å². The van der Waals surface area contributed by atoms with Crippen molar-refractivity contribution in [3.8, 4) is 0 Å². The zero-order valence-electron chi connectivity index (χ0n) is 16.0. The Hall–Kier alpha value is -3.06. The van der Waals surface area contributed by atoms with Gasteiger partial charge in [0.05, 0.1) is 17.3 Å². The second kappa shape index (κ2) is 7.75. The highest BCUT2D eigenvalue weighted by Crippen LogP contribution is 2.39. The first-order chi connectivity index (χ1) is 14.2. The van der Waals surface area contributed by atoms with Crippen LogP contribution in [0.1, 0.15) is 55.1 Å². The molecular weight excluding hydrogens is 368 g/mol. The molecule has 0 bridgehead atoms. The highest BCUT2D eigenvalue weighted by Gasteiger charge is 2.34. The molecule has 0 unspecified atom stereocenters. The zero-order valence-corrected chi connectivity index (χ0v) is 16.0. The molecular formula is C22H22N4O3. The Morgan fingerprint density at radius 1 is 1.10 bits per heavy atom. The molecule has 2 fully saturated rings. The molecule has 3 aromatic rings. The highest BCUT2D eigenvalue weighted by molar-refractivity contribution is 5.91. The maximum Gasteiger partial charge on any atom is 0.255 e. The average Bonchev–Trinajstić information content (AvgIpc) is 3.29. The largest absolute Gasteiger partial charge is 0.363 e. The van der Waals surface area contributed by atoms with Crippen LogP contribution >= 0.6 is 0 Å². The Balaban J connectivity index is 1.12. The Bertz CT molecular complexity index is 1060. The summed E-state index contributed by atoms with van der Waals surface area (Å²) >= 11 is 0. The van der Waals surface area contributed by atoms with Gasteiger partial charge in [-0.15, -0.1) is 0 Å². The molecule has 5 rings (SSSR count). The van der Waals surface area contributed by atoms with Gasteiger partial charge < -0.3 is 14.6 Å². The summed E-state index contributed by atoms with van der Waals surface area (Å²) in [4.78, 5) is 21.1. The van der Waals surface area contributed by atoms with E-state index in [1.807, 2.05) is 36.4 Å². The highest BCUT2D eigenvalue weighted by atomic mass is 16.5. The number of amides is 1. The molecule has 2 aromatic heterocycles. The van der Waals surface area contributed by atoms with Crippen molar-refractivity contribution in [3.05, 3.63) is 59.9 Å². The number of carbonyl (C=O) groups is 1. The van der Waals surface area contributed by atoms with Crippen molar-refractivity contribution in [2.24, 2.45) is 0 Å². The van der Waals surface area contributed by atoms with Crippen molar-refractivity contribution >= 4 is 22.9 Å². The maximum atomic E-state index is 12.2. The lowest BCUT2D eigenvalue weighted by atomic mass is 10.2. The summed E-state index contributed by atoms with van der Waals surface area (Å²) in [5.41, 5.74) is 1.66. The number of carbonyl (C=O) groups excluding carboxylic acids is 1. The Morgan fingerprint density at radius 3 is 2.90 bits per heavy atom. The van der Waals surface area contributed by atoms with Gasteiger partial charge in [0.1, 0.15) is 6.10 Å². The van der Waals surface area contributed by atoms with E-state index >= 15 is 0 Å². The number of fused-ring (bicyclic) bond motifs is 1. The molecule has 2 atom stereocenters. The normalized spacial score (nSPS) is 21.8. The minimum Gasteiger partial charge on any atom is -0.363 e. The van der Waals surface area contributed by atoms with E-state index in [1.165, 1.54) is 6.08 Å². The van der Waals surface area contributed by atoms with E-state index in [2.05, 4.69) is 20.4 Å². The second-order valence-corrected chi connectivity index (χ2v) is 7.60. The standard InChI is InChI=1S/C22H22N4O3/c27-20(12-9-16-8-7-14-3-1-2-4-18(14)24-16)23-13-17-10-11-19(28-17)22-25-21(26-29-22)15-5-6-15/h1-4,7-9,12,15,17,19H,5-6,10-11,13H2,(H,23,27)/b12-9+/t17-,19+/m1/s1. The SMILES string of the molecule is O=C(/C=C/c1ccc2ccccc2n1)NC[C@H]1CC[C@@H](c2nc(C3CC3)no2)O1. The molecule has 1 aliphatic carbocycles. The third-order valence-corrected chi connectivity index (χ3v) is 5.31. The molecule has 1 aromatic carbocycles. The van der Waals surface area contributed by atoms with Gasteiger partial charge >= 0.3 is 0 Å². The lowest BCUT2D eigenvalue weighted by molar-refractivity contribution is -0.117. The van der Waals surface area contributed by atoms with Gasteiger partial charge in [-0.05, 0) is 43.9 Å². The van der Waals surface area contributed by atoms with E-state index in [9.17, 15) is 4.79 Å². The fourth-order valence-corrected chi connectivity index (χ4v) is 3.53. The molecule has 148 valence electrons. The molecule has 0 spiro atoms. The minimum atomic E-state index is -0.172. The molecule has 1 amide bonds. The summed E-state index contributed by atoms with van der Waals surface area (Å²) in [6.45, 7) is 0.453. The average molecular weight is 390 g/mol. The molecule has 2 aliphatic rings. The predicted octanol–water partition coefficient (Wildman–Crippen LogP) is 3.54. The first-order valence-electron chi connectivity index (χ1n) is 10.1. The van der Waals surface area contributed by atoms with Crippen LogP contribution in [-0.4, -0.2) is 33.7 Å². The smallest absolute Gasteiger partial charge is 0.255 e. The van der Waals surface area contributed by atoms with Crippen LogP contribution in [0.5, 0.6) is 0 Å². The Kier molecular flexibility index (Phi) is 4.81. The number of benzene rings is 1. The van der Waals surface area contributed by atoms with E-state index in [-0.39, 0.29) is 18.1 Å². The number of hydrogen-bond acceptors (Lipinski definition) is 6. The topological polar surface area (TPSA) is 90.1 Å². The van der Waals surface area contributed by atoms with Gasteiger partial charge in [0.15, 0.2) is 5.82 Å². The number of hydrogen-bond donors (Lipinski definition) is 1. The van der Waals surface area contributed by atoms with Crippen molar-refractivity contribution < 1.29 is 14.1 Å². The fraction of sp³-hybridized carbons (Fsp3) is 0.364. The van der Waals surface area contributed by atoms with Crippen molar-refractivity contribution in [2.75, 3.05) is 6.54 Å². The molecule has 0 radical (unpaired) electrons. The van der Waals surface area contributed by atoms with E-state index in [0.717, 1.165) is 48.1 Å². The van der Waals surface area contributed by atoms with Crippen LogP contribution in [0.2, 0.25) is 0 Å². The molecule has 3 heterocycles. The second-order valence-electron chi connectivity index (χ2n) is 7.60. The molecule has 7 heteroatoms. The third-order valence-electron chi connectivity index (χ3n) is 5.31. The lowest BCUT2D eigenvalue weighted by Gasteiger charge is -2.11. The van der Waals surface area contributed by atoms with Crippen LogP contribution in [0.3, 0.4) is 0 Å². The zero-order chi connectivity index (χ0) is 19.6. The van der Waals surface area contributed by atoms with Gasteiger partial charge in [0, 0.05) is 23.9 Å². The Morgan fingerprint density at radius 2 is 2.00 bits per heavy atom. The fourth-order valence-electron chi connectivity index (χ4n) is 3.53. The number of ether oxygens (including phenoxy) is 1. The summed E-state index contributed by atoms with van der Waals surface area (Å²) < 4.78 is 11.3. The maximum absolute atomic E-state index is 12.2. The molecule has 1 aliphatic heterocycles. The van der Waals surface area contributed by atoms with Crippen molar-refractivity contribution in [1.29, 1.82) is 0 Å². The van der Waals surface area contributed by atoms with Crippen molar-refractivity contribution in [2.45, 2.75) is 43.8 Å². The molecule has 1 saturated carbocycles. The van der Waals surface area contributed by atoms with Gasteiger partial charge in [0.2, 0.25) is 5.91 Å².